The second kappa shape index (κ2) is 6.99. The highest BCUT2D eigenvalue weighted by atomic mass is 16.3. The van der Waals surface area contributed by atoms with Crippen molar-refractivity contribution in [3.05, 3.63) is 0 Å². The van der Waals surface area contributed by atoms with Gasteiger partial charge in [0, 0.05) is 0 Å². The number of rotatable bonds is 1. The van der Waals surface area contributed by atoms with Gasteiger partial charge in [-0.25, -0.2) is 0 Å². The number of hydrogen-bond acceptors (Lipinski definition) is 2. The van der Waals surface area contributed by atoms with Gasteiger partial charge in [0.2, 0.25) is 0 Å². The van der Waals surface area contributed by atoms with E-state index in [4.69, 9.17) is 0 Å². The van der Waals surface area contributed by atoms with Crippen molar-refractivity contribution in [1.82, 2.24) is 0 Å². The number of aliphatic hydroxyl groups is 2. The van der Waals surface area contributed by atoms with Crippen LogP contribution in [0.3, 0.4) is 0 Å². The van der Waals surface area contributed by atoms with E-state index in [-0.39, 0.29) is 28.5 Å². The quantitative estimate of drug-likeness (QED) is 0.454. The molecule has 11 atom stereocenters. The Balaban J connectivity index is 1.56. The Morgan fingerprint density at radius 1 is 0.656 bits per heavy atom. The molecule has 32 heavy (non-hydrogen) atoms. The van der Waals surface area contributed by atoms with Gasteiger partial charge in [-0.1, -0.05) is 55.4 Å². The molecule has 0 spiro atoms. The SMILES string of the molecule is CC(C)[C@@H]1CC[C@@]2(C)[C@H]1[C@H]1CC[C@@H]3[C@@]4(C)CC[C@H](O)C(C)(C)[C@@H]4CC[C@@]3(C)[C@]1(C)C[C@H]2O. The molecule has 5 rings (SSSR count). The van der Waals surface area contributed by atoms with Gasteiger partial charge in [-0.3, -0.25) is 0 Å². The lowest BCUT2D eigenvalue weighted by Crippen LogP contribution is -2.68. The molecule has 2 heteroatoms. The van der Waals surface area contributed by atoms with Crippen molar-refractivity contribution in [2.45, 2.75) is 125 Å². The van der Waals surface area contributed by atoms with E-state index < -0.39 is 0 Å². The first-order valence-corrected chi connectivity index (χ1v) is 14.1. The van der Waals surface area contributed by atoms with Crippen molar-refractivity contribution in [3.63, 3.8) is 0 Å². The van der Waals surface area contributed by atoms with Crippen LogP contribution in [-0.4, -0.2) is 22.4 Å². The van der Waals surface area contributed by atoms with Crippen LogP contribution in [0.5, 0.6) is 0 Å². The van der Waals surface area contributed by atoms with Crippen LogP contribution in [-0.2, 0) is 0 Å². The average Bonchev–Trinajstić information content (AvgIpc) is 3.05. The lowest BCUT2D eigenvalue weighted by molar-refractivity contribution is -0.263. The van der Waals surface area contributed by atoms with E-state index in [1.807, 2.05) is 0 Å². The highest BCUT2D eigenvalue weighted by Gasteiger charge is 2.71. The van der Waals surface area contributed by atoms with Crippen molar-refractivity contribution in [1.29, 1.82) is 0 Å². The molecule has 184 valence electrons. The van der Waals surface area contributed by atoms with Gasteiger partial charge in [0.25, 0.3) is 0 Å². The maximum absolute atomic E-state index is 11.7. The number of hydrogen-bond donors (Lipinski definition) is 2. The Kier molecular flexibility index (Phi) is 5.17. The van der Waals surface area contributed by atoms with Crippen LogP contribution in [0.4, 0.5) is 0 Å². The largest absolute Gasteiger partial charge is 0.393 e. The first kappa shape index (κ1) is 23.7. The fourth-order valence-electron chi connectivity index (χ4n) is 11.8. The highest BCUT2D eigenvalue weighted by Crippen LogP contribution is 2.77. The van der Waals surface area contributed by atoms with E-state index >= 15 is 0 Å². The van der Waals surface area contributed by atoms with Crippen molar-refractivity contribution in [2.24, 2.45) is 62.6 Å². The van der Waals surface area contributed by atoms with E-state index in [9.17, 15) is 10.2 Å². The Bertz CT molecular complexity index is 758. The van der Waals surface area contributed by atoms with Crippen LogP contribution in [0.2, 0.25) is 0 Å². The molecule has 0 aromatic rings. The molecule has 0 unspecified atom stereocenters. The minimum Gasteiger partial charge on any atom is -0.393 e. The van der Waals surface area contributed by atoms with Gasteiger partial charge >= 0.3 is 0 Å². The molecule has 5 fully saturated rings. The summed E-state index contributed by atoms with van der Waals surface area (Å²) in [5.74, 6) is 4.27. The van der Waals surface area contributed by atoms with E-state index in [1.165, 1.54) is 44.9 Å². The van der Waals surface area contributed by atoms with Crippen LogP contribution in [0, 0.1) is 62.6 Å². The normalized spacial score (nSPS) is 59.2. The standard InChI is InChI=1S/C30H52O2/c1-18(2)19-11-14-28(6)24(32)17-30(8)20(25(19)28)9-10-22-27(5)15-13-23(31)26(3,4)21(27)12-16-29(22,30)7/h18-25,31-32H,9-17H2,1-8H3/t19-,20+,21-,22+,23-,24+,25+,27-,28+,29+,30+/m0/s1. The van der Waals surface area contributed by atoms with Crippen molar-refractivity contribution in [3.8, 4) is 0 Å². The van der Waals surface area contributed by atoms with Crippen molar-refractivity contribution >= 4 is 0 Å². The zero-order valence-corrected chi connectivity index (χ0v) is 22.4. The summed E-state index contributed by atoms with van der Waals surface area (Å²) in [6.07, 6.45) is 10.6. The molecule has 5 saturated carbocycles. The third-order valence-electron chi connectivity index (χ3n) is 13.8. The monoisotopic (exact) mass is 444 g/mol. The Morgan fingerprint density at radius 3 is 1.97 bits per heavy atom. The molecule has 5 aliphatic rings. The first-order valence-electron chi connectivity index (χ1n) is 14.1. The van der Waals surface area contributed by atoms with Gasteiger partial charge in [0.15, 0.2) is 0 Å². The first-order chi connectivity index (χ1) is 14.7. The predicted octanol–water partition coefficient (Wildman–Crippen LogP) is 7.08. The van der Waals surface area contributed by atoms with Gasteiger partial charge < -0.3 is 10.2 Å². The minimum absolute atomic E-state index is 0.0188. The maximum atomic E-state index is 11.7. The van der Waals surface area contributed by atoms with E-state index in [0.29, 0.717) is 22.7 Å². The zero-order valence-electron chi connectivity index (χ0n) is 22.4. The lowest BCUT2D eigenvalue weighted by atomic mass is 9.32. The molecule has 0 bridgehead atoms. The van der Waals surface area contributed by atoms with Crippen LogP contribution in [0.1, 0.15) is 113 Å². The lowest BCUT2D eigenvalue weighted by Gasteiger charge is -2.73. The molecule has 2 N–H and O–H groups in total. The van der Waals surface area contributed by atoms with Crippen molar-refractivity contribution in [2.75, 3.05) is 0 Å². The average molecular weight is 445 g/mol. The van der Waals surface area contributed by atoms with Crippen LogP contribution >= 0.6 is 0 Å². The topological polar surface area (TPSA) is 40.5 Å². The molecule has 5 aliphatic carbocycles. The second-order valence-corrected chi connectivity index (χ2v) is 15.2. The fraction of sp³-hybridized carbons (Fsp3) is 1.00. The predicted molar refractivity (Wildman–Crippen MR) is 132 cm³/mol. The molecule has 0 aromatic heterocycles. The van der Waals surface area contributed by atoms with Gasteiger partial charge in [-0.05, 0) is 120 Å². The summed E-state index contributed by atoms with van der Waals surface area (Å²) >= 11 is 0. The van der Waals surface area contributed by atoms with Crippen LogP contribution in [0.25, 0.3) is 0 Å². The summed E-state index contributed by atoms with van der Waals surface area (Å²) in [6.45, 7) is 19.9. The smallest absolute Gasteiger partial charge is 0.0602 e. The summed E-state index contributed by atoms with van der Waals surface area (Å²) in [7, 11) is 0. The van der Waals surface area contributed by atoms with Crippen LogP contribution in [0.15, 0.2) is 0 Å². The van der Waals surface area contributed by atoms with Crippen LogP contribution < -0.4 is 0 Å². The molecule has 0 amide bonds. The summed E-state index contributed by atoms with van der Waals surface area (Å²) in [5, 5.41) is 22.6. The Morgan fingerprint density at radius 2 is 1.31 bits per heavy atom. The summed E-state index contributed by atoms with van der Waals surface area (Å²) in [4.78, 5) is 0. The summed E-state index contributed by atoms with van der Waals surface area (Å²) in [6, 6.07) is 0. The van der Waals surface area contributed by atoms with E-state index in [2.05, 4.69) is 55.4 Å². The second-order valence-electron chi connectivity index (χ2n) is 15.2. The molecular weight excluding hydrogens is 392 g/mol. The summed E-state index contributed by atoms with van der Waals surface area (Å²) < 4.78 is 0. The third-order valence-corrected chi connectivity index (χ3v) is 13.8. The molecule has 0 aliphatic heterocycles. The Hall–Kier alpha value is -0.0800. The molecule has 0 radical (unpaired) electrons. The van der Waals surface area contributed by atoms with Gasteiger partial charge in [-0.2, -0.15) is 0 Å². The van der Waals surface area contributed by atoms with Crippen molar-refractivity contribution < 1.29 is 10.2 Å². The molecule has 2 nitrogen and oxygen atoms in total. The van der Waals surface area contributed by atoms with Gasteiger partial charge in [0.05, 0.1) is 12.2 Å². The molecule has 0 saturated heterocycles. The summed E-state index contributed by atoms with van der Waals surface area (Å²) in [5.41, 5.74) is 0.991. The van der Waals surface area contributed by atoms with Gasteiger partial charge in [0.1, 0.15) is 0 Å². The maximum Gasteiger partial charge on any atom is 0.0602 e. The van der Waals surface area contributed by atoms with E-state index in [0.717, 1.165) is 36.5 Å². The molecule has 0 heterocycles. The number of aliphatic hydroxyl groups excluding tert-OH is 2. The Labute approximate surface area is 198 Å². The van der Waals surface area contributed by atoms with Gasteiger partial charge in [-0.15, -0.1) is 0 Å². The fourth-order valence-corrected chi connectivity index (χ4v) is 11.8. The van der Waals surface area contributed by atoms with E-state index in [1.54, 1.807) is 0 Å². The zero-order chi connectivity index (χ0) is 23.5. The number of fused-ring (bicyclic) bond motifs is 7. The molecule has 0 aromatic carbocycles. The molecular formula is C30H52O2. The third kappa shape index (κ3) is 2.66. The highest BCUT2D eigenvalue weighted by molar-refractivity contribution is 5.20. The minimum atomic E-state index is -0.153.